The summed E-state index contributed by atoms with van der Waals surface area (Å²) in [5.74, 6) is 0.788. The van der Waals surface area contributed by atoms with Crippen molar-refractivity contribution in [3.63, 3.8) is 0 Å². The van der Waals surface area contributed by atoms with Gasteiger partial charge in [-0.1, -0.05) is 6.92 Å². The molecule has 2 atom stereocenters. The third kappa shape index (κ3) is 1.22. The molecule has 0 aromatic rings. The lowest BCUT2D eigenvalue weighted by atomic mass is 9.87. The smallest absolute Gasteiger partial charge is 0.191 e. The largest absolute Gasteiger partial charge is 0.370 e. The Morgan fingerprint density at radius 3 is 3.19 bits per heavy atom. The van der Waals surface area contributed by atoms with E-state index in [2.05, 4.69) is 21.7 Å². The van der Waals surface area contributed by atoms with Gasteiger partial charge in [-0.05, 0) is 32.2 Å². The average molecular weight is 222 g/mol. The highest BCUT2D eigenvalue weighted by molar-refractivity contribution is 5.81. The predicted octanol–water partition coefficient (Wildman–Crippen LogP) is 0.634. The maximum absolute atomic E-state index is 6.06. The van der Waals surface area contributed by atoms with Crippen LogP contribution in [-0.2, 0) is 0 Å². The van der Waals surface area contributed by atoms with Crippen LogP contribution in [0.2, 0.25) is 0 Å². The number of nitrogens with zero attached hydrogens (tertiary/aromatic N) is 3. The van der Waals surface area contributed by atoms with E-state index >= 15 is 0 Å². The minimum Gasteiger partial charge on any atom is -0.370 e. The van der Waals surface area contributed by atoms with E-state index < -0.39 is 0 Å². The van der Waals surface area contributed by atoms with Crippen molar-refractivity contribution in [1.29, 1.82) is 0 Å². The van der Waals surface area contributed by atoms with E-state index in [4.69, 9.17) is 5.73 Å². The second kappa shape index (κ2) is 3.62. The fourth-order valence-corrected chi connectivity index (χ4v) is 3.88. The van der Waals surface area contributed by atoms with Crippen LogP contribution in [0, 0.1) is 0 Å². The quantitative estimate of drug-likeness (QED) is 0.745. The molecule has 16 heavy (non-hydrogen) atoms. The molecule has 3 heterocycles. The van der Waals surface area contributed by atoms with Gasteiger partial charge in [-0.25, -0.2) is 0 Å². The van der Waals surface area contributed by atoms with Gasteiger partial charge in [0.1, 0.15) is 0 Å². The van der Waals surface area contributed by atoms with Gasteiger partial charge in [-0.15, -0.1) is 0 Å². The van der Waals surface area contributed by atoms with Gasteiger partial charge in [0.15, 0.2) is 5.96 Å². The Balaban J connectivity index is 1.87. The van der Waals surface area contributed by atoms with Crippen LogP contribution >= 0.6 is 0 Å². The van der Waals surface area contributed by atoms with E-state index in [1.54, 1.807) is 0 Å². The Hall–Kier alpha value is -0.770. The molecule has 0 saturated carbocycles. The third-order valence-corrected chi connectivity index (χ3v) is 4.59. The topological polar surface area (TPSA) is 44.9 Å². The minimum atomic E-state index is 0.261. The molecule has 0 aromatic heterocycles. The van der Waals surface area contributed by atoms with Crippen molar-refractivity contribution in [1.82, 2.24) is 9.80 Å². The highest BCUT2D eigenvalue weighted by Gasteiger charge is 2.55. The van der Waals surface area contributed by atoms with Crippen LogP contribution in [0.4, 0.5) is 0 Å². The molecule has 1 spiro atoms. The summed E-state index contributed by atoms with van der Waals surface area (Å²) < 4.78 is 0. The first-order valence-corrected chi connectivity index (χ1v) is 6.59. The molecule has 2 fully saturated rings. The molecule has 3 rings (SSSR count). The summed E-state index contributed by atoms with van der Waals surface area (Å²) in [7, 11) is 0. The molecule has 4 heteroatoms. The molecule has 90 valence electrons. The molecule has 0 aromatic carbocycles. The van der Waals surface area contributed by atoms with Crippen molar-refractivity contribution in [2.45, 2.75) is 44.2 Å². The van der Waals surface area contributed by atoms with Crippen molar-refractivity contribution in [2.75, 3.05) is 26.2 Å². The SMILES string of the molecule is CCCN1C(N)=NCC12CCN1CCCC12. The van der Waals surface area contributed by atoms with Gasteiger partial charge in [0, 0.05) is 19.1 Å². The van der Waals surface area contributed by atoms with Gasteiger partial charge in [0.05, 0.1) is 12.1 Å². The highest BCUT2D eigenvalue weighted by Crippen LogP contribution is 2.42. The molecule has 2 saturated heterocycles. The summed E-state index contributed by atoms with van der Waals surface area (Å²) >= 11 is 0. The van der Waals surface area contributed by atoms with E-state index in [9.17, 15) is 0 Å². The van der Waals surface area contributed by atoms with Crippen LogP contribution in [0.5, 0.6) is 0 Å². The summed E-state index contributed by atoms with van der Waals surface area (Å²) in [5.41, 5.74) is 6.32. The molecule has 2 N–H and O–H groups in total. The molecule has 0 radical (unpaired) electrons. The number of nitrogens with two attached hydrogens (primary N) is 1. The van der Waals surface area contributed by atoms with Crippen LogP contribution < -0.4 is 5.73 Å². The zero-order chi connectivity index (χ0) is 11.2. The van der Waals surface area contributed by atoms with Gasteiger partial charge in [0.2, 0.25) is 0 Å². The summed E-state index contributed by atoms with van der Waals surface area (Å²) in [6.07, 6.45) is 5.10. The Kier molecular flexibility index (Phi) is 2.35. The Bertz CT molecular complexity index is 314. The van der Waals surface area contributed by atoms with Crippen molar-refractivity contribution >= 4 is 5.96 Å². The first-order valence-electron chi connectivity index (χ1n) is 6.59. The molecular weight excluding hydrogens is 200 g/mol. The number of rotatable bonds is 2. The normalized spacial score (nSPS) is 38.4. The Morgan fingerprint density at radius 1 is 1.50 bits per heavy atom. The Morgan fingerprint density at radius 2 is 2.38 bits per heavy atom. The van der Waals surface area contributed by atoms with Crippen molar-refractivity contribution in [2.24, 2.45) is 10.7 Å². The van der Waals surface area contributed by atoms with Crippen LogP contribution in [0.3, 0.4) is 0 Å². The fraction of sp³-hybridized carbons (Fsp3) is 0.917. The first kappa shape index (κ1) is 10.4. The first-order chi connectivity index (χ1) is 7.78. The average Bonchev–Trinajstić information content (AvgIpc) is 2.91. The second-order valence-electron chi connectivity index (χ2n) is 5.37. The standard InChI is InChI=1S/C12H22N4/c1-2-6-16-11(13)14-9-12(16)5-8-15-7-3-4-10(12)15/h10H,2-9H2,1H3,(H2,13,14). The minimum absolute atomic E-state index is 0.261. The summed E-state index contributed by atoms with van der Waals surface area (Å²) in [4.78, 5) is 9.58. The van der Waals surface area contributed by atoms with Crippen LogP contribution in [0.25, 0.3) is 0 Å². The molecule has 4 nitrogen and oxygen atoms in total. The zero-order valence-corrected chi connectivity index (χ0v) is 10.2. The summed E-state index contributed by atoms with van der Waals surface area (Å²) in [5, 5.41) is 0. The van der Waals surface area contributed by atoms with E-state index in [-0.39, 0.29) is 5.54 Å². The van der Waals surface area contributed by atoms with Crippen LogP contribution in [0.1, 0.15) is 32.6 Å². The van der Waals surface area contributed by atoms with Crippen LogP contribution in [0.15, 0.2) is 4.99 Å². The van der Waals surface area contributed by atoms with E-state index in [0.717, 1.165) is 25.5 Å². The molecule has 3 aliphatic heterocycles. The maximum Gasteiger partial charge on any atom is 0.191 e. The number of aliphatic imine (C=N–C) groups is 1. The Labute approximate surface area is 97.5 Å². The van der Waals surface area contributed by atoms with Crippen molar-refractivity contribution < 1.29 is 0 Å². The monoisotopic (exact) mass is 222 g/mol. The van der Waals surface area contributed by atoms with Gasteiger partial charge >= 0.3 is 0 Å². The van der Waals surface area contributed by atoms with Gasteiger partial charge in [-0.3, -0.25) is 9.89 Å². The molecule has 0 aliphatic carbocycles. The second-order valence-corrected chi connectivity index (χ2v) is 5.37. The van der Waals surface area contributed by atoms with E-state index in [0.29, 0.717) is 6.04 Å². The van der Waals surface area contributed by atoms with Crippen LogP contribution in [-0.4, -0.2) is 53.5 Å². The molecular formula is C12H22N4. The molecule has 0 amide bonds. The number of guanidine groups is 1. The lowest BCUT2D eigenvalue weighted by molar-refractivity contribution is 0.148. The lowest BCUT2D eigenvalue weighted by Gasteiger charge is -2.40. The zero-order valence-electron chi connectivity index (χ0n) is 10.2. The molecule has 2 unspecified atom stereocenters. The van der Waals surface area contributed by atoms with Crippen molar-refractivity contribution in [3.05, 3.63) is 0 Å². The predicted molar refractivity (Wildman–Crippen MR) is 65.4 cm³/mol. The number of fused-ring (bicyclic) bond motifs is 2. The molecule has 0 bridgehead atoms. The van der Waals surface area contributed by atoms with Gasteiger partial charge in [0.25, 0.3) is 0 Å². The maximum atomic E-state index is 6.06. The number of hydrogen-bond acceptors (Lipinski definition) is 4. The third-order valence-electron chi connectivity index (χ3n) is 4.59. The van der Waals surface area contributed by atoms with Gasteiger partial charge < -0.3 is 10.6 Å². The summed E-state index contributed by atoms with van der Waals surface area (Å²) in [6.45, 7) is 6.75. The fourth-order valence-electron chi connectivity index (χ4n) is 3.88. The summed E-state index contributed by atoms with van der Waals surface area (Å²) in [6, 6.07) is 0.712. The van der Waals surface area contributed by atoms with E-state index in [1.165, 1.54) is 32.4 Å². The van der Waals surface area contributed by atoms with Gasteiger partial charge in [-0.2, -0.15) is 0 Å². The lowest BCUT2D eigenvalue weighted by Crippen LogP contribution is -2.57. The highest BCUT2D eigenvalue weighted by atomic mass is 15.4. The molecule has 3 aliphatic rings. The van der Waals surface area contributed by atoms with Crippen molar-refractivity contribution in [3.8, 4) is 0 Å². The number of hydrogen-bond donors (Lipinski definition) is 1. The van der Waals surface area contributed by atoms with E-state index in [1.807, 2.05) is 0 Å².